The number of carbonyl (C=O) groups is 2. The van der Waals surface area contributed by atoms with Crippen molar-refractivity contribution in [3.63, 3.8) is 0 Å². The Hall–Kier alpha value is -3.85. The van der Waals surface area contributed by atoms with E-state index in [1.165, 1.54) is 24.2 Å². The van der Waals surface area contributed by atoms with E-state index in [9.17, 15) is 37.1 Å². The first-order chi connectivity index (χ1) is 19.8. The zero-order chi connectivity index (χ0) is 30.4. The number of nitrogens with one attached hydrogen (secondary N) is 2. The van der Waals surface area contributed by atoms with Crippen molar-refractivity contribution in [3.05, 3.63) is 62.5 Å². The molecule has 1 saturated heterocycles. The predicted octanol–water partition coefficient (Wildman–Crippen LogP) is 3.12. The Labute approximate surface area is 241 Å². The first-order valence-corrected chi connectivity index (χ1v) is 14.0. The Morgan fingerprint density at radius 2 is 1.90 bits per heavy atom. The van der Waals surface area contributed by atoms with Crippen LogP contribution in [0.3, 0.4) is 0 Å². The van der Waals surface area contributed by atoms with E-state index < -0.39 is 59.3 Å². The summed E-state index contributed by atoms with van der Waals surface area (Å²) in [6, 6.07) is 3.17. The Kier molecular flexibility index (Phi) is 7.83. The minimum Gasteiger partial charge on any atom is -0.503 e. The third-order valence-electron chi connectivity index (χ3n) is 8.06. The molecular weight excluding hydrogens is 580 g/mol. The van der Waals surface area contributed by atoms with Crippen molar-refractivity contribution in [1.29, 1.82) is 0 Å². The van der Waals surface area contributed by atoms with Crippen LogP contribution >= 0.6 is 11.3 Å². The number of hydrogen-bond donors (Lipinski definition) is 3. The molecule has 0 unspecified atom stereocenters. The van der Waals surface area contributed by atoms with E-state index in [1.807, 2.05) is 0 Å². The maximum Gasteiger partial charge on any atom is 0.282 e. The van der Waals surface area contributed by atoms with Gasteiger partial charge in [0.1, 0.15) is 16.6 Å². The molecule has 2 fully saturated rings. The molecule has 2 aliphatic rings. The zero-order valence-electron chi connectivity index (χ0n) is 22.7. The quantitative estimate of drug-likeness (QED) is 0.278. The van der Waals surface area contributed by atoms with Gasteiger partial charge in [0.25, 0.3) is 11.8 Å². The van der Waals surface area contributed by atoms with E-state index in [2.05, 4.69) is 20.5 Å². The van der Waals surface area contributed by atoms with Crippen molar-refractivity contribution in [2.75, 3.05) is 27.2 Å². The number of likely N-dealkylation sites (tertiary alicyclic amines) is 1. The number of halogens is 4. The minimum atomic E-state index is -2.85. The van der Waals surface area contributed by atoms with Gasteiger partial charge in [-0.15, -0.1) is 10.2 Å². The summed E-state index contributed by atoms with van der Waals surface area (Å²) in [7, 11) is 3.16. The Morgan fingerprint density at radius 1 is 1.21 bits per heavy atom. The molecule has 15 heteroatoms. The standard InChI is InChI=1S/C27H28F4N6O4S/c1-32-27(7-5-14(6-8-27)24(40)37-12-26(30,31)13-37)36(2)25(41)20-22(39)21(38)17(11-33-20)23-35-34-19(42-23)9-15-3-4-16(28)10-18(15)29/h3-4,10-11,14,32,39H,5-9,12-13H2,1-2H3,(H,33,38). The van der Waals surface area contributed by atoms with Crippen molar-refractivity contribution < 1.29 is 32.3 Å². The van der Waals surface area contributed by atoms with Crippen molar-refractivity contribution in [3.8, 4) is 16.3 Å². The number of H-pyrrole nitrogens is 1. The van der Waals surface area contributed by atoms with Crippen molar-refractivity contribution in [2.24, 2.45) is 5.92 Å². The average Bonchev–Trinajstić information content (AvgIpc) is 3.41. The Balaban J connectivity index is 1.29. The monoisotopic (exact) mass is 608 g/mol. The smallest absolute Gasteiger partial charge is 0.282 e. The summed E-state index contributed by atoms with van der Waals surface area (Å²) in [6.45, 7) is -1.16. The molecule has 0 bridgehead atoms. The van der Waals surface area contributed by atoms with Crippen molar-refractivity contribution in [2.45, 2.75) is 43.7 Å². The second-order valence-corrected chi connectivity index (χ2v) is 11.7. The lowest BCUT2D eigenvalue weighted by atomic mass is 9.79. The van der Waals surface area contributed by atoms with Gasteiger partial charge in [-0.05, 0) is 44.4 Å². The highest BCUT2D eigenvalue weighted by molar-refractivity contribution is 7.14. The highest BCUT2D eigenvalue weighted by Gasteiger charge is 2.49. The number of nitrogens with zero attached hydrogens (tertiary/aromatic N) is 4. The molecule has 2 aromatic heterocycles. The van der Waals surface area contributed by atoms with Gasteiger partial charge in [0.15, 0.2) is 16.5 Å². The van der Waals surface area contributed by atoms with E-state index in [0.29, 0.717) is 30.7 Å². The van der Waals surface area contributed by atoms with Crippen LogP contribution in [0, 0.1) is 17.6 Å². The molecule has 3 N–H and O–H groups in total. The molecule has 3 heterocycles. The van der Waals surface area contributed by atoms with Crippen LogP contribution in [0.15, 0.2) is 29.2 Å². The van der Waals surface area contributed by atoms with Gasteiger partial charge in [0.05, 0.1) is 24.3 Å². The summed E-state index contributed by atoms with van der Waals surface area (Å²) < 4.78 is 53.7. The molecule has 42 heavy (non-hydrogen) atoms. The average molecular weight is 609 g/mol. The van der Waals surface area contributed by atoms with Gasteiger partial charge in [0, 0.05) is 31.6 Å². The van der Waals surface area contributed by atoms with E-state index >= 15 is 0 Å². The van der Waals surface area contributed by atoms with Gasteiger partial charge in [-0.25, -0.2) is 17.6 Å². The van der Waals surface area contributed by atoms with Crippen LogP contribution in [-0.2, 0) is 11.2 Å². The fourth-order valence-electron chi connectivity index (χ4n) is 5.49. The first-order valence-electron chi connectivity index (χ1n) is 13.2. The molecule has 2 amide bonds. The van der Waals surface area contributed by atoms with Gasteiger partial charge >= 0.3 is 0 Å². The number of hydrogen-bond acceptors (Lipinski definition) is 8. The number of benzene rings is 1. The molecular formula is C27H28F4N6O4S. The summed E-state index contributed by atoms with van der Waals surface area (Å²) >= 11 is 0.981. The minimum absolute atomic E-state index is 0.0120. The molecule has 1 saturated carbocycles. The second kappa shape index (κ2) is 11.1. The second-order valence-electron chi connectivity index (χ2n) is 10.6. The fraction of sp³-hybridized carbons (Fsp3) is 0.444. The van der Waals surface area contributed by atoms with Crippen molar-refractivity contribution in [1.82, 2.24) is 30.3 Å². The third kappa shape index (κ3) is 5.50. The summed E-state index contributed by atoms with van der Waals surface area (Å²) in [5, 5.41) is 22.2. The van der Waals surface area contributed by atoms with Crippen LogP contribution in [0.1, 0.15) is 46.7 Å². The summed E-state index contributed by atoms with van der Waals surface area (Å²) in [5.74, 6) is -6.55. The van der Waals surface area contributed by atoms with Crippen LogP contribution in [0.25, 0.3) is 10.6 Å². The van der Waals surface area contributed by atoms with Gasteiger partial charge in [-0.1, -0.05) is 17.4 Å². The number of carbonyl (C=O) groups excluding carboxylic acids is 2. The number of amides is 2. The Bertz CT molecular complexity index is 1580. The summed E-state index contributed by atoms with van der Waals surface area (Å²) in [4.78, 5) is 44.3. The molecule has 10 nitrogen and oxygen atoms in total. The normalized spacial score (nSPS) is 21.6. The van der Waals surface area contributed by atoms with E-state index in [0.717, 1.165) is 28.4 Å². The van der Waals surface area contributed by atoms with Crippen LogP contribution in [0.2, 0.25) is 0 Å². The number of aromatic amines is 1. The summed E-state index contributed by atoms with van der Waals surface area (Å²) in [5.41, 5.74) is -1.97. The molecule has 3 aromatic rings. The van der Waals surface area contributed by atoms with E-state index in [-0.39, 0.29) is 34.2 Å². The SMILES string of the molecule is CNC1(N(C)C(=O)c2[nH]cc(-c3nnc(Cc4ccc(F)cc4F)s3)c(=O)c2O)CCC(C(=O)N2CC(F)(F)C2)CC1. The zero-order valence-corrected chi connectivity index (χ0v) is 23.5. The van der Waals surface area contributed by atoms with Gasteiger partial charge in [0.2, 0.25) is 11.3 Å². The topological polar surface area (TPSA) is 132 Å². The highest BCUT2D eigenvalue weighted by atomic mass is 32.1. The van der Waals surface area contributed by atoms with Crippen LogP contribution in [-0.4, -0.2) is 80.7 Å². The largest absolute Gasteiger partial charge is 0.503 e. The number of alkyl halides is 2. The lowest BCUT2D eigenvalue weighted by Gasteiger charge is -2.47. The number of aromatic hydroxyl groups is 1. The highest BCUT2D eigenvalue weighted by Crippen LogP contribution is 2.38. The molecule has 5 rings (SSSR count). The van der Waals surface area contributed by atoms with Crippen LogP contribution < -0.4 is 10.7 Å². The maximum absolute atomic E-state index is 14.0. The van der Waals surface area contributed by atoms with E-state index in [4.69, 9.17) is 0 Å². The molecule has 224 valence electrons. The van der Waals surface area contributed by atoms with Crippen LogP contribution in [0.4, 0.5) is 17.6 Å². The van der Waals surface area contributed by atoms with Crippen LogP contribution in [0.5, 0.6) is 5.75 Å². The third-order valence-corrected chi connectivity index (χ3v) is 9.01. The van der Waals surface area contributed by atoms with Gasteiger partial charge in [-0.2, -0.15) is 0 Å². The van der Waals surface area contributed by atoms with E-state index in [1.54, 1.807) is 7.05 Å². The maximum atomic E-state index is 14.0. The van der Waals surface area contributed by atoms with Gasteiger partial charge < -0.3 is 19.9 Å². The number of rotatable bonds is 7. The summed E-state index contributed by atoms with van der Waals surface area (Å²) in [6.07, 6.45) is 2.66. The fourth-order valence-corrected chi connectivity index (χ4v) is 6.36. The first kappa shape index (κ1) is 29.6. The molecule has 0 spiro atoms. The number of pyridine rings is 1. The lowest BCUT2D eigenvalue weighted by molar-refractivity contribution is -0.171. The number of aromatic nitrogens is 3. The molecule has 1 aliphatic carbocycles. The lowest BCUT2D eigenvalue weighted by Crippen LogP contribution is -2.62. The Morgan fingerprint density at radius 3 is 2.52 bits per heavy atom. The molecule has 1 aliphatic heterocycles. The molecule has 1 aromatic carbocycles. The molecule has 0 atom stereocenters. The van der Waals surface area contributed by atoms with Crippen molar-refractivity contribution >= 4 is 23.2 Å². The predicted molar refractivity (Wildman–Crippen MR) is 144 cm³/mol. The van der Waals surface area contributed by atoms with Gasteiger partial charge in [-0.3, -0.25) is 19.7 Å². The molecule has 0 radical (unpaired) electrons.